The number of hydrogen-bond acceptors (Lipinski definition) is 4. The van der Waals surface area contributed by atoms with Gasteiger partial charge >= 0.3 is 5.97 Å². The summed E-state index contributed by atoms with van der Waals surface area (Å²) in [5.41, 5.74) is -1.04. The number of aliphatic carboxylic acids is 1. The highest BCUT2D eigenvalue weighted by Crippen LogP contribution is 2.20. The van der Waals surface area contributed by atoms with Crippen LogP contribution in [-0.2, 0) is 14.3 Å². The average molecular weight is 333 g/mol. The van der Waals surface area contributed by atoms with Crippen LogP contribution in [0.1, 0.15) is 13.3 Å². The molecule has 0 aliphatic heterocycles. The van der Waals surface area contributed by atoms with E-state index in [0.717, 1.165) is 23.9 Å². The minimum absolute atomic E-state index is 0.0425. The van der Waals surface area contributed by atoms with Crippen molar-refractivity contribution in [2.75, 3.05) is 19.5 Å². The molecule has 0 fully saturated rings. The second-order valence-corrected chi connectivity index (χ2v) is 6.03. The molecule has 0 aliphatic rings. The fraction of sp³-hybridized carbons (Fsp3) is 0.429. The molecule has 2 N–H and O–H groups in total. The summed E-state index contributed by atoms with van der Waals surface area (Å²) in [6, 6.07) is 3.34. The molecule has 0 saturated heterocycles. The number of carboxylic acid groups (broad SMARTS) is 1. The van der Waals surface area contributed by atoms with Crippen LogP contribution in [0.2, 0.25) is 0 Å². The number of thioether (sulfide) groups is 1. The maximum Gasteiger partial charge on any atom is 0.305 e. The lowest BCUT2D eigenvalue weighted by molar-refractivity contribution is -0.139. The minimum atomic E-state index is -1.06. The summed E-state index contributed by atoms with van der Waals surface area (Å²) >= 11 is 1.02. The van der Waals surface area contributed by atoms with Gasteiger partial charge in [-0.15, -0.1) is 11.8 Å². The molecular weight excluding hydrogens is 316 g/mol. The van der Waals surface area contributed by atoms with Crippen LogP contribution in [0.3, 0.4) is 0 Å². The number of methoxy groups -OCH3 is 1. The van der Waals surface area contributed by atoms with Crippen molar-refractivity contribution in [3.8, 4) is 0 Å². The zero-order valence-corrected chi connectivity index (χ0v) is 13.0. The first kappa shape index (κ1) is 18.4. The van der Waals surface area contributed by atoms with E-state index < -0.39 is 29.0 Å². The van der Waals surface area contributed by atoms with Crippen molar-refractivity contribution in [2.45, 2.75) is 23.8 Å². The number of ether oxygens (including phenoxy) is 1. The molecular formula is C14H17F2NO4S. The molecule has 1 amide bonds. The van der Waals surface area contributed by atoms with Crippen LogP contribution in [0.5, 0.6) is 0 Å². The van der Waals surface area contributed by atoms with Gasteiger partial charge in [-0.05, 0) is 25.1 Å². The van der Waals surface area contributed by atoms with Gasteiger partial charge in [0.1, 0.15) is 0 Å². The molecule has 1 atom stereocenters. The Morgan fingerprint density at radius 3 is 2.59 bits per heavy atom. The van der Waals surface area contributed by atoms with Gasteiger partial charge in [-0.25, -0.2) is 8.78 Å². The average Bonchev–Trinajstić information content (AvgIpc) is 2.39. The number of hydrogen-bond donors (Lipinski definition) is 2. The van der Waals surface area contributed by atoms with E-state index in [1.165, 1.54) is 13.2 Å². The van der Waals surface area contributed by atoms with Crippen LogP contribution in [0.25, 0.3) is 0 Å². The first-order valence-electron chi connectivity index (χ1n) is 6.35. The van der Waals surface area contributed by atoms with E-state index in [9.17, 15) is 18.4 Å². The third-order valence-electron chi connectivity index (χ3n) is 2.71. The zero-order valence-electron chi connectivity index (χ0n) is 12.2. The van der Waals surface area contributed by atoms with Gasteiger partial charge in [0.05, 0.1) is 24.3 Å². The van der Waals surface area contributed by atoms with Gasteiger partial charge in [-0.1, -0.05) is 0 Å². The third-order valence-corrected chi connectivity index (χ3v) is 3.70. The highest BCUT2D eigenvalue weighted by atomic mass is 32.2. The Kier molecular flexibility index (Phi) is 6.76. The predicted octanol–water partition coefficient (Wildman–Crippen LogP) is 2.05. The molecule has 1 aromatic rings. The lowest BCUT2D eigenvalue weighted by Gasteiger charge is -2.28. The Hall–Kier alpha value is -1.67. The summed E-state index contributed by atoms with van der Waals surface area (Å²) in [4.78, 5) is 23.1. The number of amides is 1. The number of carbonyl (C=O) groups excluding carboxylic acids is 1. The van der Waals surface area contributed by atoms with E-state index in [1.54, 1.807) is 6.92 Å². The fourth-order valence-corrected chi connectivity index (χ4v) is 2.59. The predicted molar refractivity (Wildman–Crippen MR) is 77.8 cm³/mol. The summed E-state index contributed by atoms with van der Waals surface area (Å²) in [5.74, 6) is -3.48. The van der Waals surface area contributed by atoms with E-state index >= 15 is 0 Å². The quantitative estimate of drug-likeness (QED) is 0.712. The van der Waals surface area contributed by atoms with E-state index in [1.807, 2.05) is 0 Å². The Bertz CT molecular complexity index is 556. The lowest BCUT2D eigenvalue weighted by atomic mass is 9.99. The van der Waals surface area contributed by atoms with Gasteiger partial charge in [0.15, 0.2) is 11.6 Å². The smallest absolute Gasteiger partial charge is 0.305 e. The minimum Gasteiger partial charge on any atom is -0.481 e. The number of nitrogens with one attached hydrogen (secondary N) is 1. The lowest BCUT2D eigenvalue weighted by Crippen LogP contribution is -2.51. The fourth-order valence-electron chi connectivity index (χ4n) is 1.87. The molecule has 0 heterocycles. The summed E-state index contributed by atoms with van der Waals surface area (Å²) in [6.45, 7) is 1.60. The van der Waals surface area contributed by atoms with Gasteiger partial charge in [0.25, 0.3) is 0 Å². The molecule has 0 aromatic heterocycles. The molecule has 0 bridgehead atoms. The molecule has 0 radical (unpaired) electrons. The maximum absolute atomic E-state index is 13.0. The second kappa shape index (κ2) is 8.09. The van der Waals surface area contributed by atoms with Crippen LogP contribution in [0.15, 0.2) is 23.1 Å². The molecule has 1 aromatic carbocycles. The zero-order chi connectivity index (χ0) is 16.8. The standard InChI is InChI=1S/C14H17F2NO4S/c1-14(8-21-2,6-13(19)20)17-12(18)7-22-9-3-4-10(15)11(16)5-9/h3-5H,6-8H2,1-2H3,(H,17,18)(H,19,20). The number of carbonyl (C=O) groups is 2. The molecule has 8 heteroatoms. The van der Waals surface area contributed by atoms with Crippen molar-refractivity contribution >= 4 is 23.6 Å². The van der Waals surface area contributed by atoms with Crippen LogP contribution in [-0.4, -0.2) is 42.0 Å². The van der Waals surface area contributed by atoms with Crippen molar-refractivity contribution in [3.05, 3.63) is 29.8 Å². The molecule has 5 nitrogen and oxygen atoms in total. The molecule has 1 rings (SSSR count). The van der Waals surface area contributed by atoms with Crippen LogP contribution in [0.4, 0.5) is 8.78 Å². The number of benzene rings is 1. The van der Waals surface area contributed by atoms with Crippen molar-refractivity contribution in [1.29, 1.82) is 0 Å². The van der Waals surface area contributed by atoms with Crippen molar-refractivity contribution < 1.29 is 28.2 Å². The molecule has 1 unspecified atom stereocenters. The number of carboxylic acids is 1. The molecule has 22 heavy (non-hydrogen) atoms. The van der Waals surface area contributed by atoms with E-state index in [0.29, 0.717) is 4.90 Å². The van der Waals surface area contributed by atoms with Gasteiger partial charge in [0.2, 0.25) is 5.91 Å². The molecule has 122 valence electrons. The molecule has 0 saturated carbocycles. The van der Waals surface area contributed by atoms with Gasteiger partial charge in [-0.2, -0.15) is 0 Å². The SMILES string of the molecule is COCC(C)(CC(=O)O)NC(=O)CSc1ccc(F)c(F)c1. The molecule has 0 spiro atoms. The Morgan fingerprint density at radius 1 is 1.36 bits per heavy atom. The van der Waals surface area contributed by atoms with Crippen molar-refractivity contribution in [3.63, 3.8) is 0 Å². The van der Waals surface area contributed by atoms with Gasteiger partial charge in [0, 0.05) is 12.0 Å². The Labute approximate surface area is 131 Å². The highest BCUT2D eigenvalue weighted by molar-refractivity contribution is 8.00. The second-order valence-electron chi connectivity index (χ2n) is 4.98. The van der Waals surface area contributed by atoms with Crippen LogP contribution >= 0.6 is 11.8 Å². The highest BCUT2D eigenvalue weighted by Gasteiger charge is 2.29. The maximum atomic E-state index is 13.0. The first-order valence-corrected chi connectivity index (χ1v) is 7.34. The normalized spacial score (nSPS) is 13.5. The summed E-state index contributed by atoms with van der Waals surface area (Å²) in [7, 11) is 1.41. The monoisotopic (exact) mass is 333 g/mol. The Balaban J connectivity index is 2.59. The first-order chi connectivity index (χ1) is 10.3. The number of rotatable bonds is 8. The summed E-state index contributed by atoms with van der Waals surface area (Å²) < 4.78 is 30.8. The Morgan fingerprint density at radius 2 is 2.05 bits per heavy atom. The van der Waals surface area contributed by atoms with Crippen molar-refractivity contribution in [1.82, 2.24) is 5.32 Å². The third kappa shape index (κ3) is 5.98. The van der Waals surface area contributed by atoms with E-state index in [2.05, 4.69) is 5.32 Å². The summed E-state index contributed by atoms with van der Waals surface area (Å²) in [5, 5.41) is 11.5. The van der Waals surface area contributed by atoms with E-state index in [4.69, 9.17) is 9.84 Å². The summed E-state index contributed by atoms with van der Waals surface area (Å²) in [6.07, 6.45) is -0.289. The van der Waals surface area contributed by atoms with E-state index in [-0.39, 0.29) is 18.8 Å². The topological polar surface area (TPSA) is 75.6 Å². The van der Waals surface area contributed by atoms with Gasteiger partial charge in [-0.3, -0.25) is 9.59 Å². The molecule has 0 aliphatic carbocycles. The van der Waals surface area contributed by atoms with Crippen LogP contribution in [0, 0.1) is 11.6 Å². The largest absolute Gasteiger partial charge is 0.481 e. The van der Waals surface area contributed by atoms with Crippen LogP contribution < -0.4 is 5.32 Å². The number of halogens is 2. The van der Waals surface area contributed by atoms with Gasteiger partial charge < -0.3 is 15.2 Å². The van der Waals surface area contributed by atoms with Crippen molar-refractivity contribution in [2.24, 2.45) is 0 Å².